The third kappa shape index (κ3) is 5.40. The maximum Gasteiger partial charge on any atom is 0.125 e. The molecule has 1 N–H and O–H groups in total. The van der Waals surface area contributed by atoms with Crippen molar-refractivity contribution >= 4 is 0 Å². The molecule has 0 saturated heterocycles. The SMILES string of the molecule is CCCNC(C)(C#N)CCCOc1c(C)cc(C)cc1C. The van der Waals surface area contributed by atoms with Crippen molar-refractivity contribution < 1.29 is 4.74 Å². The van der Waals surface area contributed by atoms with Crippen LogP contribution in [-0.2, 0) is 0 Å². The summed E-state index contributed by atoms with van der Waals surface area (Å²) in [5, 5.41) is 12.6. The summed E-state index contributed by atoms with van der Waals surface area (Å²) in [6.07, 6.45) is 2.70. The number of aryl methyl sites for hydroxylation is 3. The van der Waals surface area contributed by atoms with Gasteiger partial charge in [0.2, 0.25) is 0 Å². The molecule has 0 heterocycles. The Hall–Kier alpha value is -1.53. The minimum absolute atomic E-state index is 0.448. The normalized spacial score (nSPS) is 13.5. The second-order valence-corrected chi connectivity index (χ2v) is 6.05. The van der Waals surface area contributed by atoms with Gasteiger partial charge in [0.05, 0.1) is 12.7 Å². The fourth-order valence-corrected chi connectivity index (χ4v) is 2.58. The molecule has 3 nitrogen and oxygen atoms in total. The summed E-state index contributed by atoms with van der Waals surface area (Å²) in [4.78, 5) is 0. The van der Waals surface area contributed by atoms with E-state index in [1.807, 2.05) is 6.92 Å². The van der Waals surface area contributed by atoms with Crippen LogP contribution in [0.15, 0.2) is 12.1 Å². The molecule has 0 aromatic heterocycles. The third-order valence-electron chi connectivity index (χ3n) is 3.68. The monoisotopic (exact) mass is 288 g/mol. The van der Waals surface area contributed by atoms with Crippen LogP contribution in [0.2, 0.25) is 0 Å². The van der Waals surface area contributed by atoms with Crippen LogP contribution in [0.5, 0.6) is 5.75 Å². The predicted octanol–water partition coefficient (Wildman–Crippen LogP) is 4.05. The topological polar surface area (TPSA) is 45.0 Å². The molecule has 21 heavy (non-hydrogen) atoms. The van der Waals surface area contributed by atoms with E-state index in [-0.39, 0.29) is 0 Å². The zero-order chi connectivity index (χ0) is 15.9. The van der Waals surface area contributed by atoms with E-state index in [2.05, 4.69) is 51.2 Å². The summed E-state index contributed by atoms with van der Waals surface area (Å²) in [7, 11) is 0. The minimum Gasteiger partial charge on any atom is -0.493 e. The summed E-state index contributed by atoms with van der Waals surface area (Å²) in [5.74, 6) is 0.987. The van der Waals surface area contributed by atoms with Gasteiger partial charge in [-0.2, -0.15) is 5.26 Å². The average Bonchev–Trinajstić information content (AvgIpc) is 2.43. The van der Waals surface area contributed by atoms with Gasteiger partial charge >= 0.3 is 0 Å². The lowest BCUT2D eigenvalue weighted by molar-refractivity contribution is 0.282. The Kier molecular flexibility index (Phi) is 6.71. The number of nitriles is 1. The summed E-state index contributed by atoms with van der Waals surface area (Å²) in [6, 6.07) is 6.66. The lowest BCUT2D eigenvalue weighted by atomic mass is 9.98. The molecule has 1 aromatic rings. The van der Waals surface area contributed by atoms with Crippen LogP contribution in [0, 0.1) is 32.1 Å². The van der Waals surface area contributed by atoms with Crippen LogP contribution >= 0.6 is 0 Å². The van der Waals surface area contributed by atoms with Gasteiger partial charge in [-0.05, 0) is 64.6 Å². The van der Waals surface area contributed by atoms with Crippen molar-refractivity contribution in [1.82, 2.24) is 5.32 Å². The van der Waals surface area contributed by atoms with Gasteiger partial charge in [0.1, 0.15) is 11.3 Å². The van der Waals surface area contributed by atoms with Gasteiger partial charge in [-0.1, -0.05) is 24.6 Å². The van der Waals surface area contributed by atoms with Gasteiger partial charge in [-0.3, -0.25) is 5.32 Å². The highest BCUT2D eigenvalue weighted by Crippen LogP contribution is 2.25. The summed E-state index contributed by atoms with van der Waals surface area (Å²) >= 11 is 0. The van der Waals surface area contributed by atoms with Crippen LogP contribution in [0.4, 0.5) is 0 Å². The van der Waals surface area contributed by atoms with Crippen molar-refractivity contribution in [3.8, 4) is 11.8 Å². The van der Waals surface area contributed by atoms with Gasteiger partial charge in [0.15, 0.2) is 0 Å². The molecule has 0 saturated carbocycles. The number of nitrogens with zero attached hydrogens (tertiary/aromatic N) is 1. The quantitative estimate of drug-likeness (QED) is 0.734. The maximum atomic E-state index is 9.29. The first-order valence-electron chi connectivity index (χ1n) is 7.79. The molecule has 0 amide bonds. The number of rotatable bonds is 8. The van der Waals surface area contributed by atoms with E-state index >= 15 is 0 Å². The number of nitrogens with one attached hydrogen (secondary N) is 1. The van der Waals surface area contributed by atoms with E-state index in [0.717, 1.165) is 31.6 Å². The smallest absolute Gasteiger partial charge is 0.125 e. The molecule has 1 rings (SSSR count). The molecule has 0 fully saturated rings. The van der Waals surface area contributed by atoms with Gasteiger partial charge in [0.25, 0.3) is 0 Å². The molecule has 1 aromatic carbocycles. The summed E-state index contributed by atoms with van der Waals surface area (Å²) < 4.78 is 5.93. The summed E-state index contributed by atoms with van der Waals surface area (Å²) in [5.41, 5.74) is 3.17. The second kappa shape index (κ2) is 8.05. The number of hydrogen-bond acceptors (Lipinski definition) is 3. The largest absolute Gasteiger partial charge is 0.493 e. The lowest BCUT2D eigenvalue weighted by Crippen LogP contribution is -2.41. The number of hydrogen-bond donors (Lipinski definition) is 1. The highest BCUT2D eigenvalue weighted by atomic mass is 16.5. The van der Waals surface area contributed by atoms with Gasteiger partial charge in [-0.15, -0.1) is 0 Å². The third-order valence-corrected chi connectivity index (χ3v) is 3.68. The molecular weight excluding hydrogens is 260 g/mol. The fraction of sp³-hybridized carbons (Fsp3) is 0.611. The molecule has 0 aliphatic rings. The van der Waals surface area contributed by atoms with Crippen LogP contribution < -0.4 is 10.1 Å². The number of benzene rings is 1. The van der Waals surface area contributed by atoms with Crippen LogP contribution in [-0.4, -0.2) is 18.7 Å². The molecule has 3 heteroatoms. The first kappa shape index (κ1) is 17.5. The summed E-state index contributed by atoms with van der Waals surface area (Å²) in [6.45, 7) is 11.9. The molecule has 116 valence electrons. The van der Waals surface area contributed by atoms with Crippen LogP contribution in [0.1, 0.15) is 49.8 Å². The van der Waals surface area contributed by atoms with E-state index in [9.17, 15) is 5.26 Å². The molecular formula is C18H28N2O. The fourth-order valence-electron chi connectivity index (χ4n) is 2.58. The molecule has 0 aliphatic heterocycles. The second-order valence-electron chi connectivity index (χ2n) is 6.05. The van der Waals surface area contributed by atoms with Crippen molar-refractivity contribution in [2.45, 2.75) is 59.4 Å². The molecule has 1 atom stereocenters. The Labute approximate surface area is 129 Å². The Balaban J connectivity index is 2.49. The van der Waals surface area contributed by atoms with E-state index in [1.54, 1.807) is 0 Å². The standard InChI is InChI=1S/C18H28N2O/c1-6-9-20-18(5,13-19)8-7-10-21-17-15(3)11-14(2)12-16(17)4/h11-12,20H,6-10H2,1-5H3. The van der Waals surface area contributed by atoms with Crippen molar-refractivity contribution in [3.05, 3.63) is 28.8 Å². The lowest BCUT2D eigenvalue weighted by Gasteiger charge is -2.23. The Bertz CT molecular complexity index is 481. The zero-order valence-corrected chi connectivity index (χ0v) is 14.0. The molecule has 0 aliphatic carbocycles. The van der Waals surface area contributed by atoms with Crippen molar-refractivity contribution in [2.75, 3.05) is 13.2 Å². The Morgan fingerprint density at radius 1 is 1.24 bits per heavy atom. The van der Waals surface area contributed by atoms with E-state index in [4.69, 9.17) is 4.74 Å². The maximum absolute atomic E-state index is 9.29. The van der Waals surface area contributed by atoms with Gasteiger partial charge in [-0.25, -0.2) is 0 Å². The Morgan fingerprint density at radius 3 is 2.38 bits per heavy atom. The van der Waals surface area contributed by atoms with E-state index in [0.29, 0.717) is 6.61 Å². The van der Waals surface area contributed by atoms with Crippen LogP contribution in [0.25, 0.3) is 0 Å². The highest BCUT2D eigenvalue weighted by molar-refractivity contribution is 5.42. The van der Waals surface area contributed by atoms with Crippen molar-refractivity contribution in [2.24, 2.45) is 0 Å². The minimum atomic E-state index is -0.448. The molecule has 1 unspecified atom stereocenters. The first-order chi connectivity index (χ1) is 9.91. The molecule has 0 bridgehead atoms. The van der Waals surface area contributed by atoms with Gasteiger partial charge < -0.3 is 4.74 Å². The Morgan fingerprint density at radius 2 is 1.86 bits per heavy atom. The van der Waals surface area contributed by atoms with Gasteiger partial charge in [0, 0.05) is 0 Å². The first-order valence-corrected chi connectivity index (χ1v) is 7.79. The van der Waals surface area contributed by atoms with Crippen molar-refractivity contribution in [3.63, 3.8) is 0 Å². The number of ether oxygens (including phenoxy) is 1. The van der Waals surface area contributed by atoms with Crippen LogP contribution in [0.3, 0.4) is 0 Å². The van der Waals surface area contributed by atoms with E-state index < -0.39 is 5.54 Å². The molecule has 0 spiro atoms. The average molecular weight is 288 g/mol. The van der Waals surface area contributed by atoms with E-state index in [1.165, 1.54) is 16.7 Å². The highest BCUT2D eigenvalue weighted by Gasteiger charge is 2.21. The predicted molar refractivity (Wildman–Crippen MR) is 87.7 cm³/mol. The molecule has 0 radical (unpaired) electrons. The van der Waals surface area contributed by atoms with Crippen molar-refractivity contribution in [1.29, 1.82) is 5.26 Å². The zero-order valence-electron chi connectivity index (χ0n) is 14.0.